The van der Waals surface area contributed by atoms with Crippen LogP contribution in [-0.2, 0) is 26.2 Å². The maximum absolute atomic E-state index is 13.8. The molecule has 0 radical (unpaired) electrons. The zero-order valence-electron chi connectivity index (χ0n) is 22.4. The van der Waals surface area contributed by atoms with Crippen molar-refractivity contribution < 1.29 is 27.3 Å². The second-order valence-electron chi connectivity index (χ2n) is 9.24. The second-order valence-corrected chi connectivity index (χ2v) is 11.1. The van der Waals surface area contributed by atoms with Gasteiger partial charge in [0.05, 0.1) is 15.5 Å². The summed E-state index contributed by atoms with van der Waals surface area (Å²) in [6.45, 7) is 4.36. The van der Waals surface area contributed by atoms with Crippen LogP contribution in [0.25, 0.3) is 0 Å². The molecule has 3 aromatic rings. The van der Waals surface area contributed by atoms with Crippen molar-refractivity contribution >= 4 is 33.2 Å². The maximum Gasteiger partial charge on any atom is 0.271 e. The van der Waals surface area contributed by atoms with Gasteiger partial charge in [-0.15, -0.1) is 0 Å². The summed E-state index contributed by atoms with van der Waals surface area (Å²) in [6, 6.07) is 16.5. The lowest BCUT2D eigenvalue weighted by molar-refractivity contribution is -0.384. The SMILES string of the molecule is CC[C@@H](C)NC(=O)[C@H](C)N(Cc1ccc(F)cc1)C(=O)CN(c1cccc([N+](=O)[O-])c1)S(=O)(=O)c1ccccc1. The average molecular weight is 571 g/mol. The molecule has 0 aromatic heterocycles. The molecule has 2 amide bonds. The lowest BCUT2D eigenvalue weighted by Crippen LogP contribution is -2.52. The smallest absolute Gasteiger partial charge is 0.271 e. The van der Waals surface area contributed by atoms with Crippen LogP contribution in [0.15, 0.2) is 83.8 Å². The van der Waals surface area contributed by atoms with Gasteiger partial charge >= 0.3 is 0 Å². The Kier molecular flexibility index (Phi) is 9.94. The molecule has 0 saturated heterocycles. The molecular weight excluding hydrogens is 539 g/mol. The highest BCUT2D eigenvalue weighted by Crippen LogP contribution is 2.27. The van der Waals surface area contributed by atoms with Crippen LogP contribution >= 0.6 is 0 Å². The number of rotatable bonds is 12. The van der Waals surface area contributed by atoms with Crippen LogP contribution in [0.2, 0.25) is 0 Å². The van der Waals surface area contributed by atoms with Gasteiger partial charge in [0.25, 0.3) is 15.7 Å². The Morgan fingerprint density at radius 1 is 1.00 bits per heavy atom. The third-order valence-electron chi connectivity index (χ3n) is 6.37. The minimum atomic E-state index is -4.36. The highest BCUT2D eigenvalue weighted by atomic mass is 32.2. The topological polar surface area (TPSA) is 130 Å². The number of sulfonamides is 1. The Hall–Kier alpha value is -4.32. The van der Waals surface area contributed by atoms with Crippen LogP contribution in [0.5, 0.6) is 0 Å². The average Bonchev–Trinajstić information content (AvgIpc) is 2.95. The lowest BCUT2D eigenvalue weighted by atomic mass is 10.1. The zero-order chi connectivity index (χ0) is 29.4. The number of hydrogen-bond acceptors (Lipinski definition) is 6. The van der Waals surface area contributed by atoms with Crippen molar-refractivity contribution in [2.75, 3.05) is 10.8 Å². The predicted octanol–water partition coefficient (Wildman–Crippen LogP) is 4.26. The first-order valence-corrected chi connectivity index (χ1v) is 14.0. The van der Waals surface area contributed by atoms with E-state index in [0.29, 0.717) is 12.0 Å². The van der Waals surface area contributed by atoms with E-state index in [1.165, 1.54) is 78.6 Å². The number of anilines is 1. The largest absolute Gasteiger partial charge is 0.352 e. The van der Waals surface area contributed by atoms with Gasteiger partial charge < -0.3 is 10.2 Å². The number of carbonyl (C=O) groups is 2. The van der Waals surface area contributed by atoms with E-state index < -0.39 is 45.2 Å². The van der Waals surface area contributed by atoms with Crippen LogP contribution < -0.4 is 9.62 Å². The third kappa shape index (κ3) is 7.41. The normalized spacial score (nSPS) is 12.7. The fraction of sp³-hybridized carbons (Fsp3) is 0.286. The standard InChI is InChI=1S/C28H31FN4O6S/c1-4-20(2)30-28(35)21(3)31(18-22-13-15-23(29)16-14-22)27(34)19-32(24-9-8-10-25(17-24)33(36)37)40(38,39)26-11-6-5-7-12-26/h5-17,20-21H,4,18-19H2,1-3H3,(H,30,35)/t20-,21+/m1/s1. The number of nitro groups is 1. The Morgan fingerprint density at radius 2 is 1.65 bits per heavy atom. The number of non-ortho nitro benzene ring substituents is 1. The Labute approximate surface area is 232 Å². The number of nitrogens with zero attached hydrogens (tertiary/aromatic N) is 3. The molecule has 0 spiro atoms. The van der Waals surface area contributed by atoms with Crippen LogP contribution in [0.1, 0.15) is 32.8 Å². The van der Waals surface area contributed by atoms with Crippen molar-refractivity contribution in [3.05, 3.63) is 100 Å². The number of amides is 2. The van der Waals surface area contributed by atoms with Gasteiger partial charge in [0.2, 0.25) is 11.8 Å². The van der Waals surface area contributed by atoms with Gasteiger partial charge in [-0.3, -0.25) is 24.0 Å². The molecule has 10 nitrogen and oxygen atoms in total. The van der Waals surface area contributed by atoms with Crippen LogP contribution in [0.3, 0.4) is 0 Å². The van der Waals surface area contributed by atoms with Crippen molar-refractivity contribution in [1.82, 2.24) is 10.2 Å². The predicted molar refractivity (Wildman–Crippen MR) is 148 cm³/mol. The molecule has 3 rings (SSSR count). The van der Waals surface area contributed by atoms with Crippen molar-refractivity contribution in [3.8, 4) is 0 Å². The first-order valence-electron chi connectivity index (χ1n) is 12.6. The summed E-state index contributed by atoms with van der Waals surface area (Å²) in [5.41, 5.74) is 0.0679. The minimum Gasteiger partial charge on any atom is -0.352 e. The van der Waals surface area contributed by atoms with E-state index in [1.807, 2.05) is 13.8 Å². The second kappa shape index (κ2) is 13.2. The number of nitrogens with one attached hydrogen (secondary N) is 1. The minimum absolute atomic E-state index is 0.0927. The van der Waals surface area contributed by atoms with Crippen molar-refractivity contribution in [2.45, 2.75) is 50.7 Å². The van der Waals surface area contributed by atoms with Gasteiger partial charge in [0, 0.05) is 24.7 Å². The van der Waals surface area contributed by atoms with Crippen molar-refractivity contribution in [2.24, 2.45) is 0 Å². The Morgan fingerprint density at radius 3 is 2.25 bits per heavy atom. The summed E-state index contributed by atoms with van der Waals surface area (Å²) in [4.78, 5) is 38.7. The molecular formula is C28H31FN4O6S. The van der Waals surface area contributed by atoms with Gasteiger partial charge in [-0.25, -0.2) is 12.8 Å². The van der Waals surface area contributed by atoms with Crippen LogP contribution in [-0.4, -0.2) is 48.7 Å². The van der Waals surface area contributed by atoms with E-state index in [9.17, 15) is 32.5 Å². The Balaban J connectivity index is 2.05. The summed E-state index contributed by atoms with van der Waals surface area (Å²) < 4.78 is 41.8. The van der Waals surface area contributed by atoms with E-state index >= 15 is 0 Å². The van der Waals surface area contributed by atoms with Gasteiger partial charge in [-0.1, -0.05) is 43.3 Å². The molecule has 2 atom stereocenters. The van der Waals surface area contributed by atoms with Gasteiger partial charge in [-0.2, -0.15) is 0 Å². The number of benzene rings is 3. The van der Waals surface area contributed by atoms with Crippen LogP contribution in [0, 0.1) is 15.9 Å². The summed E-state index contributed by atoms with van der Waals surface area (Å²) in [6.07, 6.45) is 0.653. The van der Waals surface area contributed by atoms with Gasteiger partial charge in [0.1, 0.15) is 18.4 Å². The van der Waals surface area contributed by atoms with Crippen molar-refractivity contribution in [3.63, 3.8) is 0 Å². The fourth-order valence-corrected chi connectivity index (χ4v) is 5.27. The first-order chi connectivity index (χ1) is 18.9. The van der Waals surface area contributed by atoms with E-state index in [0.717, 1.165) is 10.4 Å². The molecule has 1 N–H and O–H groups in total. The summed E-state index contributed by atoms with van der Waals surface area (Å²) >= 11 is 0. The molecule has 40 heavy (non-hydrogen) atoms. The first kappa shape index (κ1) is 30.2. The fourth-order valence-electron chi connectivity index (χ4n) is 3.84. The highest BCUT2D eigenvalue weighted by molar-refractivity contribution is 7.92. The molecule has 0 heterocycles. The number of halogens is 1. The van der Waals surface area contributed by atoms with E-state index in [-0.39, 0.29) is 28.9 Å². The maximum atomic E-state index is 13.8. The molecule has 0 unspecified atom stereocenters. The summed E-state index contributed by atoms with van der Waals surface area (Å²) in [5, 5.41) is 14.2. The summed E-state index contributed by atoms with van der Waals surface area (Å²) in [7, 11) is -4.36. The number of carbonyl (C=O) groups excluding carboxylic acids is 2. The number of nitro benzene ring substituents is 1. The molecule has 12 heteroatoms. The quantitative estimate of drug-likeness (QED) is 0.256. The zero-order valence-corrected chi connectivity index (χ0v) is 23.2. The van der Waals surface area contributed by atoms with E-state index in [2.05, 4.69) is 5.32 Å². The molecule has 3 aromatic carbocycles. The molecule has 0 aliphatic rings. The molecule has 0 fully saturated rings. The third-order valence-corrected chi connectivity index (χ3v) is 8.16. The molecule has 212 valence electrons. The Bertz CT molecular complexity index is 1450. The monoisotopic (exact) mass is 570 g/mol. The van der Waals surface area contributed by atoms with Gasteiger partial charge in [-0.05, 0) is 56.2 Å². The lowest BCUT2D eigenvalue weighted by Gasteiger charge is -2.32. The highest BCUT2D eigenvalue weighted by Gasteiger charge is 2.33. The molecule has 0 saturated carbocycles. The molecule has 0 aliphatic carbocycles. The van der Waals surface area contributed by atoms with E-state index in [1.54, 1.807) is 6.07 Å². The van der Waals surface area contributed by atoms with Crippen molar-refractivity contribution in [1.29, 1.82) is 0 Å². The van der Waals surface area contributed by atoms with E-state index in [4.69, 9.17) is 0 Å². The molecule has 0 aliphatic heterocycles. The molecule has 0 bridgehead atoms. The summed E-state index contributed by atoms with van der Waals surface area (Å²) in [5.74, 6) is -1.66. The van der Waals surface area contributed by atoms with Crippen LogP contribution in [0.4, 0.5) is 15.8 Å². The number of hydrogen-bond donors (Lipinski definition) is 1. The van der Waals surface area contributed by atoms with Gasteiger partial charge in [0.15, 0.2) is 0 Å².